The molecule has 0 saturated heterocycles. The van der Waals surface area contributed by atoms with Crippen molar-refractivity contribution in [3.05, 3.63) is 30.3 Å². The van der Waals surface area contributed by atoms with Gasteiger partial charge in [-0.1, -0.05) is 39.0 Å². The molecule has 0 saturated carbocycles. The number of rotatable bonds is 8. The maximum Gasteiger partial charge on any atom is 0.243 e. The monoisotopic (exact) mass is 350 g/mol. The third-order valence-corrected chi connectivity index (χ3v) is 4.30. The summed E-state index contributed by atoms with van der Waals surface area (Å²) < 4.78 is 0. The fraction of sp³-hybridized carbons (Fsp3) is 0.556. The van der Waals surface area contributed by atoms with Crippen molar-refractivity contribution in [3.63, 3.8) is 0 Å². The lowest BCUT2D eigenvalue weighted by molar-refractivity contribution is -0.127. The average Bonchev–Trinajstić information content (AvgIpc) is 2.54. The van der Waals surface area contributed by atoms with E-state index in [1.807, 2.05) is 30.0 Å². The number of likely N-dealkylation sites (N-methyl/N-ethyl adjacent to an activating group) is 1. The zero-order valence-electron chi connectivity index (χ0n) is 15.4. The Kier molecular flexibility index (Phi) is 9.30. The van der Waals surface area contributed by atoms with Crippen molar-refractivity contribution in [2.24, 2.45) is 10.9 Å². The van der Waals surface area contributed by atoms with Crippen LogP contribution in [-0.2, 0) is 4.79 Å². The highest BCUT2D eigenvalue weighted by Crippen LogP contribution is 2.21. The van der Waals surface area contributed by atoms with Crippen molar-refractivity contribution < 1.29 is 4.79 Å². The summed E-state index contributed by atoms with van der Waals surface area (Å²) in [6.45, 7) is 8.21. The highest BCUT2D eigenvalue weighted by atomic mass is 32.2. The summed E-state index contributed by atoms with van der Waals surface area (Å²) in [5.74, 6) is 1.20. The predicted octanol–water partition coefficient (Wildman–Crippen LogP) is 2.45. The van der Waals surface area contributed by atoms with Gasteiger partial charge < -0.3 is 15.5 Å². The number of thioether (sulfide) groups is 1. The molecule has 0 bridgehead atoms. The molecular formula is C18H30N4OS. The first kappa shape index (κ1) is 20.4. The molecule has 0 aliphatic heterocycles. The van der Waals surface area contributed by atoms with E-state index < -0.39 is 0 Å². The van der Waals surface area contributed by atoms with E-state index in [-0.39, 0.29) is 12.5 Å². The van der Waals surface area contributed by atoms with Crippen LogP contribution in [0.2, 0.25) is 0 Å². The topological polar surface area (TPSA) is 56.7 Å². The number of guanidine groups is 1. The maximum atomic E-state index is 11.7. The normalized spacial score (nSPS) is 12.8. The molecule has 0 spiro atoms. The molecule has 1 unspecified atom stereocenters. The van der Waals surface area contributed by atoms with E-state index in [9.17, 15) is 4.79 Å². The second kappa shape index (κ2) is 11.0. The van der Waals surface area contributed by atoms with E-state index in [4.69, 9.17) is 0 Å². The van der Waals surface area contributed by atoms with Crippen LogP contribution < -0.4 is 10.6 Å². The molecule has 1 aromatic carbocycles. The van der Waals surface area contributed by atoms with E-state index in [0.29, 0.717) is 17.1 Å². The molecule has 0 aliphatic rings. The Labute approximate surface area is 150 Å². The fourth-order valence-electron chi connectivity index (χ4n) is 1.78. The summed E-state index contributed by atoms with van der Waals surface area (Å²) >= 11 is 1.82. The van der Waals surface area contributed by atoms with Gasteiger partial charge in [-0.2, -0.15) is 0 Å². The van der Waals surface area contributed by atoms with Gasteiger partial charge in [-0.25, -0.2) is 4.99 Å². The van der Waals surface area contributed by atoms with Gasteiger partial charge >= 0.3 is 0 Å². The molecule has 0 fully saturated rings. The van der Waals surface area contributed by atoms with Crippen molar-refractivity contribution in [3.8, 4) is 0 Å². The number of amides is 1. The molecule has 134 valence electrons. The first-order valence-corrected chi connectivity index (χ1v) is 9.20. The first-order valence-electron chi connectivity index (χ1n) is 8.32. The molecule has 6 heteroatoms. The SMILES string of the molecule is CC(C)CNC(=NCC(=O)N(C)C)NCC(C)Sc1ccccc1. The number of nitrogens with one attached hydrogen (secondary N) is 2. The Hall–Kier alpha value is -1.69. The zero-order chi connectivity index (χ0) is 17.9. The van der Waals surface area contributed by atoms with Crippen molar-refractivity contribution in [2.75, 3.05) is 33.7 Å². The average molecular weight is 351 g/mol. The largest absolute Gasteiger partial charge is 0.356 e. The fourth-order valence-corrected chi connectivity index (χ4v) is 2.72. The smallest absolute Gasteiger partial charge is 0.243 e. The van der Waals surface area contributed by atoms with E-state index in [1.165, 1.54) is 4.90 Å². The molecule has 0 aliphatic carbocycles. The van der Waals surface area contributed by atoms with Crippen LogP contribution in [0.1, 0.15) is 20.8 Å². The van der Waals surface area contributed by atoms with Crippen molar-refractivity contribution >= 4 is 23.6 Å². The zero-order valence-corrected chi connectivity index (χ0v) is 16.2. The Balaban J connectivity index is 2.53. The molecular weight excluding hydrogens is 320 g/mol. The highest BCUT2D eigenvalue weighted by Gasteiger charge is 2.08. The standard InChI is InChI=1S/C18H30N4OS/c1-14(2)11-19-18(21-13-17(23)22(4)5)20-12-15(3)24-16-9-7-6-8-10-16/h6-10,14-15H,11-13H2,1-5H3,(H2,19,20,21). The van der Waals surface area contributed by atoms with Crippen LogP contribution in [-0.4, -0.2) is 55.7 Å². The van der Waals surface area contributed by atoms with Gasteiger partial charge in [-0.15, -0.1) is 11.8 Å². The van der Waals surface area contributed by atoms with Gasteiger partial charge in [0.15, 0.2) is 5.96 Å². The van der Waals surface area contributed by atoms with Crippen LogP contribution in [0.4, 0.5) is 0 Å². The van der Waals surface area contributed by atoms with E-state index in [2.05, 4.69) is 48.5 Å². The first-order chi connectivity index (χ1) is 11.4. The van der Waals surface area contributed by atoms with Gasteiger partial charge in [0.25, 0.3) is 0 Å². The van der Waals surface area contributed by atoms with Crippen LogP contribution in [0.3, 0.4) is 0 Å². The van der Waals surface area contributed by atoms with Gasteiger partial charge in [0.2, 0.25) is 5.91 Å². The van der Waals surface area contributed by atoms with Gasteiger partial charge in [-0.3, -0.25) is 4.79 Å². The maximum absolute atomic E-state index is 11.7. The van der Waals surface area contributed by atoms with E-state index >= 15 is 0 Å². The lowest BCUT2D eigenvalue weighted by atomic mass is 10.2. The molecule has 1 amide bonds. The van der Waals surface area contributed by atoms with E-state index in [1.54, 1.807) is 19.0 Å². The summed E-state index contributed by atoms with van der Waals surface area (Å²) in [6, 6.07) is 10.3. The highest BCUT2D eigenvalue weighted by molar-refractivity contribution is 8.00. The molecule has 0 aromatic heterocycles. The minimum absolute atomic E-state index is 0.00708. The molecule has 2 N–H and O–H groups in total. The molecule has 5 nitrogen and oxygen atoms in total. The number of hydrogen-bond acceptors (Lipinski definition) is 3. The number of nitrogens with zero attached hydrogens (tertiary/aromatic N) is 2. The second-order valence-corrected chi connectivity index (χ2v) is 7.86. The number of aliphatic imine (C=N–C) groups is 1. The number of hydrogen-bond donors (Lipinski definition) is 2. The Morgan fingerprint density at radius 2 is 1.75 bits per heavy atom. The van der Waals surface area contributed by atoms with E-state index in [0.717, 1.165) is 13.1 Å². The molecule has 1 atom stereocenters. The minimum atomic E-state index is -0.00708. The van der Waals surface area contributed by atoms with Crippen LogP contribution in [0.25, 0.3) is 0 Å². The lowest BCUT2D eigenvalue weighted by Crippen LogP contribution is -2.42. The van der Waals surface area contributed by atoms with Crippen LogP contribution in [0.5, 0.6) is 0 Å². The second-order valence-electron chi connectivity index (χ2n) is 6.35. The summed E-state index contributed by atoms with van der Waals surface area (Å²) in [4.78, 5) is 18.9. The van der Waals surface area contributed by atoms with Gasteiger partial charge in [-0.05, 0) is 18.1 Å². The molecule has 1 rings (SSSR count). The molecule has 0 heterocycles. The Bertz CT molecular complexity index is 517. The summed E-state index contributed by atoms with van der Waals surface area (Å²) in [5, 5.41) is 7.02. The lowest BCUT2D eigenvalue weighted by Gasteiger charge is -2.17. The minimum Gasteiger partial charge on any atom is -0.356 e. The van der Waals surface area contributed by atoms with Gasteiger partial charge in [0, 0.05) is 37.3 Å². The third kappa shape index (κ3) is 8.82. The van der Waals surface area contributed by atoms with Crippen molar-refractivity contribution in [1.82, 2.24) is 15.5 Å². The number of carbonyl (C=O) groups excluding carboxylic acids is 1. The van der Waals surface area contributed by atoms with Crippen LogP contribution in [0, 0.1) is 5.92 Å². The summed E-state index contributed by atoms with van der Waals surface area (Å²) in [6.07, 6.45) is 0. The third-order valence-electron chi connectivity index (χ3n) is 3.19. The van der Waals surface area contributed by atoms with Gasteiger partial charge in [0.1, 0.15) is 6.54 Å². The molecule has 1 aromatic rings. The Morgan fingerprint density at radius 1 is 1.12 bits per heavy atom. The van der Waals surface area contributed by atoms with Crippen LogP contribution >= 0.6 is 11.8 Å². The molecule has 0 radical (unpaired) electrons. The number of carbonyl (C=O) groups is 1. The quantitative estimate of drug-likeness (QED) is 0.430. The summed E-state index contributed by atoms with van der Waals surface area (Å²) in [5.41, 5.74) is 0. The summed E-state index contributed by atoms with van der Waals surface area (Å²) in [7, 11) is 3.48. The molecule has 24 heavy (non-hydrogen) atoms. The van der Waals surface area contributed by atoms with Crippen molar-refractivity contribution in [2.45, 2.75) is 30.9 Å². The van der Waals surface area contributed by atoms with Crippen LogP contribution in [0.15, 0.2) is 40.2 Å². The van der Waals surface area contributed by atoms with Gasteiger partial charge in [0.05, 0.1) is 0 Å². The van der Waals surface area contributed by atoms with Crippen molar-refractivity contribution in [1.29, 1.82) is 0 Å². The number of benzene rings is 1. The predicted molar refractivity (Wildman–Crippen MR) is 104 cm³/mol. The Morgan fingerprint density at radius 3 is 2.33 bits per heavy atom.